The fourth-order valence-electron chi connectivity index (χ4n) is 3.17. The number of hydrogen-bond donors (Lipinski definition) is 1. The predicted molar refractivity (Wildman–Crippen MR) is 94.1 cm³/mol. The van der Waals surface area contributed by atoms with E-state index in [0.717, 1.165) is 23.3 Å². The summed E-state index contributed by atoms with van der Waals surface area (Å²) in [6.45, 7) is 0. The van der Waals surface area contributed by atoms with E-state index < -0.39 is 0 Å². The van der Waals surface area contributed by atoms with Crippen molar-refractivity contribution in [1.29, 1.82) is 0 Å². The average Bonchev–Trinajstić information content (AvgIpc) is 3.31. The van der Waals surface area contributed by atoms with Crippen molar-refractivity contribution >= 4 is 17.2 Å². The molecular formula is C19H17N3OS. The summed E-state index contributed by atoms with van der Waals surface area (Å²) < 4.78 is 0. The standard InChI is InChI=1S/C19H17N3OS/c23-19(16-12-20-8-9-21-16)22-18(17-5-2-10-24-17)15-7-6-13-3-1-4-14(13)11-15/h2,5-12,18H,1,3-4H2,(H,22,23). The summed E-state index contributed by atoms with van der Waals surface area (Å²) >= 11 is 1.65. The van der Waals surface area contributed by atoms with Crippen molar-refractivity contribution in [2.75, 3.05) is 0 Å². The average molecular weight is 335 g/mol. The zero-order chi connectivity index (χ0) is 16.4. The fraction of sp³-hybridized carbons (Fsp3) is 0.211. The molecule has 1 aliphatic carbocycles. The van der Waals surface area contributed by atoms with Gasteiger partial charge < -0.3 is 5.32 Å². The van der Waals surface area contributed by atoms with Gasteiger partial charge in [0.05, 0.1) is 12.2 Å². The Labute approximate surface area is 144 Å². The summed E-state index contributed by atoms with van der Waals surface area (Å²) in [4.78, 5) is 21.7. The first-order valence-electron chi connectivity index (χ1n) is 8.03. The second-order valence-corrected chi connectivity index (χ2v) is 6.87. The van der Waals surface area contributed by atoms with Gasteiger partial charge in [-0.2, -0.15) is 0 Å². The molecule has 0 saturated heterocycles. The summed E-state index contributed by atoms with van der Waals surface area (Å²) in [5, 5.41) is 5.14. The third-order valence-corrected chi connectivity index (χ3v) is 5.29. The zero-order valence-corrected chi connectivity index (χ0v) is 13.9. The Morgan fingerprint density at radius 3 is 2.88 bits per heavy atom. The van der Waals surface area contributed by atoms with E-state index in [1.54, 1.807) is 17.5 Å². The van der Waals surface area contributed by atoms with Crippen LogP contribution in [-0.4, -0.2) is 15.9 Å². The number of amides is 1. The molecule has 1 atom stereocenters. The minimum Gasteiger partial charge on any atom is -0.339 e. The number of thiophene rings is 1. The van der Waals surface area contributed by atoms with Crippen molar-refractivity contribution in [3.8, 4) is 0 Å². The molecule has 0 aliphatic heterocycles. The van der Waals surface area contributed by atoms with E-state index in [1.165, 1.54) is 29.9 Å². The highest BCUT2D eigenvalue weighted by Crippen LogP contribution is 2.30. The van der Waals surface area contributed by atoms with Crippen molar-refractivity contribution < 1.29 is 4.79 Å². The van der Waals surface area contributed by atoms with Gasteiger partial charge in [-0.15, -0.1) is 11.3 Å². The highest BCUT2D eigenvalue weighted by atomic mass is 32.1. The predicted octanol–water partition coefficient (Wildman–Crippen LogP) is 3.55. The van der Waals surface area contributed by atoms with Gasteiger partial charge >= 0.3 is 0 Å². The molecule has 0 saturated carbocycles. The first-order valence-corrected chi connectivity index (χ1v) is 8.91. The molecule has 5 heteroatoms. The van der Waals surface area contributed by atoms with Crippen molar-refractivity contribution in [3.05, 3.63) is 81.6 Å². The van der Waals surface area contributed by atoms with Crippen molar-refractivity contribution in [3.63, 3.8) is 0 Å². The van der Waals surface area contributed by atoms with E-state index in [-0.39, 0.29) is 11.9 Å². The Kier molecular flexibility index (Phi) is 4.09. The van der Waals surface area contributed by atoms with E-state index in [1.807, 2.05) is 11.4 Å². The molecule has 1 aliphatic rings. The topological polar surface area (TPSA) is 54.9 Å². The number of nitrogens with one attached hydrogen (secondary N) is 1. The largest absolute Gasteiger partial charge is 0.339 e. The molecular weight excluding hydrogens is 318 g/mol. The monoisotopic (exact) mass is 335 g/mol. The Morgan fingerprint density at radius 2 is 2.08 bits per heavy atom. The second kappa shape index (κ2) is 6.53. The maximum Gasteiger partial charge on any atom is 0.272 e. The van der Waals surface area contributed by atoms with Crippen LogP contribution in [0.3, 0.4) is 0 Å². The number of carbonyl (C=O) groups is 1. The minimum absolute atomic E-state index is 0.162. The van der Waals surface area contributed by atoms with Gasteiger partial charge in [0.1, 0.15) is 5.69 Å². The number of carbonyl (C=O) groups excluding carboxylic acids is 1. The van der Waals surface area contributed by atoms with Gasteiger partial charge in [-0.3, -0.25) is 9.78 Å². The number of nitrogens with zero attached hydrogens (tertiary/aromatic N) is 2. The zero-order valence-electron chi connectivity index (χ0n) is 13.1. The van der Waals surface area contributed by atoms with Crippen molar-refractivity contribution in [1.82, 2.24) is 15.3 Å². The van der Waals surface area contributed by atoms with Gasteiger partial charge in [0.25, 0.3) is 5.91 Å². The van der Waals surface area contributed by atoms with Crippen LogP contribution in [0.4, 0.5) is 0 Å². The molecule has 4 nitrogen and oxygen atoms in total. The molecule has 2 aromatic heterocycles. The summed E-state index contributed by atoms with van der Waals surface area (Å²) in [7, 11) is 0. The molecule has 1 amide bonds. The Balaban J connectivity index is 1.67. The van der Waals surface area contributed by atoms with Crippen LogP contribution in [0.5, 0.6) is 0 Å². The summed E-state index contributed by atoms with van der Waals surface area (Å²) in [5.41, 5.74) is 4.29. The maximum absolute atomic E-state index is 12.5. The molecule has 0 fully saturated rings. The van der Waals surface area contributed by atoms with Gasteiger partial charge in [-0.05, 0) is 47.4 Å². The number of benzene rings is 1. The smallest absolute Gasteiger partial charge is 0.272 e. The van der Waals surface area contributed by atoms with Crippen LogP contribution in [0.2, 0.25) is 0 Å². The molecule has 4 rings (SSSR count). The molecule has 0 spiro atoms. The summed E-state index contributed by atoms with van der Waals surface area (Å²) in [6.07, 6.45) is 8.08. The lowest BCUT2D eigenvalue weighted by Crippen LogP contribution is -2.29. The first-order chi connectivity index (χ1) is 11.8. The maximum atomic E-state index is 12.5. The number of hydrogen-bond acceptors (Lipinski definition) is 4. The van der Waals surface area contributed by atoms with Crippen LogP contribution in [0, 0.1) is 0 Å². The van der Waals surface area contributed by atoms with Gasteiger partial charge in [0, 0.05) is 17.3 Å². The molecule has 1 aromatic carbocycles. The molecule has 2 heterocycles. The highest BCUT2D eigenvalue weighted by molar-refractivity contribution is 7.10. The van der Waals surface area contributed by atoms with E-state index in [0.29, 0.717) is 5.69 Å². The normalized spacial score (nSPS) is 14.2. The molecule has 24 heavy (non-hydrogen) atoms. The molecule has 1 N–H and O–H groups in total. The second-order valence-electron chi connectivity index (χ2n) is 5.89. The minimum atomic E-state index is -0.206. The number of aromatic nitrogens is 2. The first kappa shape index (κ1) is 15.0. The Hall–Kier alpha value is -2.53. The SMILES string of the molecule is O=C(NC(c1ccc2c(c1)CCC2)c1cccs1)c1cnccn1. The molecule has 3 aromatic rings. The van der Waals surface area contributed by atoms with E-state index >= 15 is 0 Å². The summed E-state index contributed by atoms with van der Waals surface area (Å²) in [6, 6.07) is 10.5. The van der Waals surface area contributed by atoms with Gasteiger partial charge in [0.15, 0.2) is 0 Å². The lowest BCUT2D eigenvalue weighted by Gasteiger charge is -2.19. The Morgan fingerprint density at radius 1 is 1.17 bits per heavy atom. The van der Waals surface area contributed by atoms with Crippen LogP contribution in [0.1, 0.15) is 44.5 Å². The Bertz CT molecular complexity index is 846. The summed E-state index contributed by atoms with van der Waals surface area (Å²) in [5.74, 6) is -0.206. The van der Waals surface area contributed by atoms with Crippen LogP contribution < -0.4 is 5.32 Å². The highest BCUT2D eigenvalue weighted by Gasteiger charge is 2.21. The number of fused-ring (bicyclic) bond motifs is 1. The lowest BCUT2D eigenvalue weighted by molar-refractivity contribution is 0.0938. The fourth-order valence-corrected chi connectivity index (χ4v) is 3.97. The van der Waals surface area contributed by atoms with E-state index in [9.17, 15) is 4.79 Å². The lowest BCUT2D eigenvalue weighted by atomic mass is 10.00. The van der Waals surface area contributed by atoms with Gasteiger partial charge in [-0.25, -0.2) is 4.98 Å². The van der Waals surface area contributed by atoms with Crippen LogP contribution in [0.25, 0.3) is 0 Å². The van der Waals surface area contributed by atoms with E-state index in [4.69, 9.17) is 0 Å². The molecule has 0 radical (unpaired) electrons. The number of rotatable bonds is 4. The van der Waals surface area contributed by atoms with Crippen LogP contribution in [-0.2, 0) is 12.8 Å². The third kappa shape index (κ3) is 2.95. The molecule has 0 bridgehead atoms. The van der Waals surface area contributed by atoms with E-state index in [2.05, 4.69) is 39.6 Å². The van der Waals surface area contributed by atoms with Crippen LogP contribution >= 0.6 is 11.3 Å². The van der Waals surface area contributed by atoms with Crippen molar-refractivity contribution in [2.24, 2.45) is 0 Å². The van der Waals surface area contributed by atoms with Crippen LogP contribution in [0.15, 0.2) is 54.3 Å². The third-order valence-electron chi connectivity index (χ3n) is 4.35. The van der Waals surface area contributed by atoms with Crippen molar-refractivity contribution in [2.45, 2.75) is 25.3 Å². The molecule has 1 unspecified atom stereocenters. The quantitative estimate of drug-likeness (QED) is 0.793. The molecule has 120 valence electrons. The van der Waals surface area contributed by atoms with Gasteiger partial charge in [0.2, 0.25) is 0 Å². The van der Waals surface area contributed by atoms with Gasteiger partial charge in [-0.1, -0.05) is 24.3 Å². The number of aryl methyl sites for hydroxylation is 2.